The molecule has 2 heterocycles. The van der Waals surface area contributed by atoms with Crippen molar-refractivity contribution < 1.29 is 4.74 Å². The molecule has 0 unspecified atom stereocenters. The number of nitrogens with one attached hydrogen (secondary N) is 1. The maximum atomic E-state index is 5.72. The quantitative estimate of drug-likeness (QED) is 0.585. The standard InChI is InChI=1S/C21H30N6O/c1-3-22-20(25-13-10-18-8-5-6-9-19(18)28-4-2)26-14-16-27(17-15-26)21-23-11-7-12-24-21/h5-9,11-12H,3-4,10,13-17H2,1-2H3,(H,22,25). The van der Waals surface area contributed by atoms with Crippen LogP contribution < -0.4 is 15.0 Å². The first-order valence-corrected chi connectivity index (χ1v) is 10.1. The molecule has 0 amide bonds. The second-order valence-electron chi connectivity index (χ2n) is 6.55. The number of hydrogen-bond donors (Lipinski definition) is 1. The lowest BCUT2D eigenvalue weighted by Crippen LogP contribution is -2.53. The molecule has 0 radical (unpaired) electrons. The normalized spacial score (nSPS) is 14.9. The Morgan fingerprint density at radius 2 is 1.82 bits per heavy atom. The summed E-state index contributed by atoms with van der Waals surface area (Å²) in [6.07, 6.45) is 4.45. The van der Waals surface area contributed by atoms with Crippen LogP contribution in [-0.4, -0.2) is 66.7 Å². The van der Waals surface area contributed by atoms with Crippen molar-refractivity contribution in [3.05, 3.63) is 48.3 Å². The lowest BCUT2D eigenvalue weighted by molar-refractivity contribution is 0.336. The van der Waals surface area contributed by atoms with E-state index in [-0.39, 0.29) is 0 Å². The third-order valence-corrected chi connectivity index (χ3v) is 4.66. The summed E-state index contributed by atoms with van der Waals surface area (Å²) in [4.78, 5) is 18.1. The number of anilines is 1. The van der Waals surface area contributed by atoms with E-state index in [1.54, 1.807) is 12.4 Å². The number of para-hydroxylation sites is 1. The molecular formula is C21H30N6O. The summed E-state index contributed by atoms with van der Waals surface area (Å²) in [5, 5.41) is 3.43. The second kappa shape index (κ2) is 10.5. The topological polar surface area (TPSA) is 65.9 Å². The van der Waals surface area contributed by atoms with Gasteiger partial charge in [-0.05, 0) is 38.0 Å². The van der Waals surface area contributed by atoms with E-state index in [1.165, 1.54) is 5.56 Å². The van der Waals surface area contributed by atoms with Crippen molar-refractivity contribution in [3.63, 3.8) is 0 Å². The molecule has 150 valence electrons. The number of aromatic nitrogens is 2. The molecular weight excluding hydrogens is 352 g/mol. The summed E-state index contributed by atoms with van der Waals surface area (Å²) < 4.78 is 5.72. The molecule has 0 bridgehead atoms. The number of hydrogen-bond acceptors (Lipinski definition) is 5. The van der Waals surface area contributed by atoms with Gasteiger partial charge in [0.2, 0.25) is 5.95 Å². The van der Waals surface area contributed by atoms with E-state index < -0.39 is 0 Å². The van der Waals surface area contributed by atoms with Gasteiger partial charge in [-0.2, -0.15) is 0 Å². The zero-order valence-corrected chi connectivity index (χ0v) is 16.8. The lowest BCUT2D eigenvalue weighted by Gasteiger charge is -2.36. The summed E-state index contributed by atoms with van der Waals surface area (Å²) in [6.45, 7) is 9.97. The molecule has 1 fully saturated rings. The molecule has 1 aliphatic heterocycles. The highest BCUT2D eigenvalue weighted by molar-refractivity contribution is 5.80. The predicted octanol–water partition coefficient (Wildman–Crippen LogP) is 2.21. The van der Waals surface area contributed by atoms with Crippen molar-refractivity contribution in [1.82, 2.24) is 20.2 Å². The van der Waals surface area contributed by atoms with Crippen LogP contribution in [0.3, 0.4) is 0 Å². The van der Waals surface area contributed by atoms with Crippen molar-refractivity contribution in [3.8, 4) is 5.75 Å². The van der Waals surface area contributed by atoms with Crippen LogP contribution in [-0.2, 0) is 6.42 Å². The Hall–Kier alpha value is -2.83. The molecule has 7 nitrogen and oxygen atoms in total. The average molecular weight is 383 g/mol. The summed E-state index contributed by atoms with van der Waals surface area (Å²) in [5.74, 6) is 2.74. The first-order chi connectivity index (χ1) is 13.8. The number of rotatable bonds is 7. The van der Waals surface area contributed by atoms with Crippen molar-refractivity contribution in [2.75, 3.05) is 50.8 Å². The Morgan fingerprint density at radius 3 is 2.54 bits per heavy atom. The minimum absolute atomic E-state index is 0.679. The fourth-order valence-electron chi connectivity index (χ4n) is 3.29. The van der Waals surface area contributed by atoms with Gasteiger partial charge in [0.25, 0.3) is 0 Å². The summed E-state index contributed by atoms with van der Waals surface area (Å²) in [6, 6.07) is 10.1. The van der Waals surface area contributed by atoms with Gasteiger partial charge >= 0.3 is 0 Å². The molecule has 1 N–H and O–H groups in total. The minimum atomic E-state index is 0.679. The molecule has 0 spiro atoms. The largest absolute Gasteiger partial charge is 0.494 e. The molecule has 1 aromatic heterocycles. The smallest absolute Gasteiger partial charge is 0.225 e. The van der Waals surface area contributed by atoms with Crippen molar-refractivity contribution in [2.45, 2.75) is 20.3 Å². The average Bonchev–Trinajstić information content (AvgIpc) is 2.75. The Kier molecular flexibility index (Phi) is 7.46. The third-order valence-electron chi connectivity index (χ3n) is 4.66. The van der Waals surface area contributed by atoms with Crippen LogP contribution in [0.25, 0.3) is 0 Å². The van der Waals surface area contributed by atoms with E-state index in [9.17, 15) is 0 Å². The van der Waals surface area contributed by atoms with Gasteiger partial charge in [0.15, 0.2) is 5.96 Å². The highest BCUT2D eigenvalue weighted by Crippen LogP contribution is 2.18. The number of nitrogens with zero attached hydrogens (tertiary/aromatic N) is 5. The van der Waals surface area contributed by atoms with Gasteiger partial charge < -0.3 is 19.9 Å². The zero-order valence-electron chi connectivity index (χ0n) is 16.8. The van der Waals surface area contributed by atoms with E-state index >= 15 is 0 Å². The molecule has 1 saturated heterocycles. The van der Waals surface area contributed by atoms with E-state index in [0.29, 0.717) is 6.61 Å². The number of ether oxygens (including phenoxy) is 1. The van der Waals surface area contributed by atoms with Crippen LogP contribution in [0.1, 0.15) is 19.4 Å². The molecule has 28 heavy (non-hydrogen) atoms. The number of piperazine rings is 1. The number of aliphatic imine (C=N–C) groups is 1. The monoisotopic (exact) mass is 382 g/mol. The van der Waals surface area contributed by atoms with Gasteiger partial charge in [-0.3, -0.25) is 4.99 Å². The van der Waals surface area contributed by atoms with Gasteiger partial charge in [0.05, 0.1) is 6.61 Å². The van der Waals surface area contributed by atoms with Crippen LogP contribution in [0, 0.1) is 0 Å². The Morgan fingerprint density at radius 1 is 1.07 bits per heavy atom. The first kappa shape index (κ1) is 19.9. The van der Waals surface area contributed by atoms with Crippen LogP contribution >= 0.6 is 0 Å². The fourth-order valence-corrected chi connectivity index (χ4v) is 3.29. The zero-order chi connectivity index (χ0) is 19.6. The lowest BCUT2D eigenvalue weighted by atomic mass is 10.1. The van der Waals surface area contributed by atoms with Gasteiger partial charge in [0, 0.05) is 51.7 Å². The molecule has 7 heteroatoms. The van der Waals surface area contributed by atoms with Crippen LogP contribution in [0.15, 0.2) is 47.7 Å². The molecule has 2 aromatic rings. The van der Waals surface area contributed by atoms with Crippen LogP contribution in [0.2, 0.25) is 0 Å². The second-order valence-corrected chi connectivity index (χ2v) is 6.55. The highest BCUT2D eigenvalue weighted by atomic mass is 16.5. The maximum absolute atomic E-state index is 5.72. The number of guanidine groups is 1. The minimum Gasteiger partial charge on any atom is -0.494 e. The van der Waals surface area contributed by atoms with Gasteiger partial charge in [-0.25, -0.2) is 9.97 Å². The van der Waals surface area contributed by atoms with E-state index in [2.05, 4.69) is 44.1 Å². The molecule has 3 rings (SSSR count). The van der Waals surface area contributed by atoms with E-state index in [0.717, 1.165) is 63.3 Å². The Balaban J connectivity index is 1.58. The summed E-state index contributed by atoms with van der Waals surface area (Å²) in [5.41, 5.74) is 1.20. The maximum Gasteiger partial charge on any atom is 0.225 e. The van der Waals surface area contributed by atoms with Crippen LogP contribution in [0.4, 0.5) is 5.95 Å². The fraction of sp³-hybridized carbons (Fsp3) is 0.476. The van der Waals surface area contributed by atoms with E-state index in [1.807, 2.05) is 25.1 Å². The molecule has 0 aliphatic carbocycles. The highest BCUT2D eigenvalue weighted by Gasteiger charge is 2.21. The van der Waals surface area contributed by atoms with Gasteiger partial charge in [-0.15, -0.1) is 0 Å². The van der Waals surface area contributed by atoms with Crippen LogP contribution in [0.5, 0.6) is 5.75 Å². The Labute approximate surface area is 167 Å². The van der Waals surface area contributed by atoms with Gasteiger partial charge in [-0.1, -0.05) is 18.2 Å². The summed E-state index contributed by atoms with van der Waals surface area (Å²) >= 11 is 0. The van der Waals surface area contributed by atoms with Crippen molar-refractivity contribution in [1.29, 1.82) is 0 Å². The van der Waals surface area contributed by atoms with Crippen molar-refractivity contribution >= 4 is 11.9 Å². The molecule has 1 aromatic carbocycles. The number of benzene rings is 1. The van der Waals surface area contributed by atoms with Gasteiger partial charge in [0.1, 0.15) is 5.75 Å². The molecule has 0 atom stereocenters. The van der Waals surface area contributed by atoms with Crippen molar-refractivity contribution in [2.24, 2.45) is 4.99 Å². The predicted molar refractivity (Wildman–Crippen MR) is 113 cm³/mol. The SMILES string of the molecule is CCNC(=NCCc1ccccc1OCC)N1CCN(c2ncccn2)CC1. The molecule has 1 aliphatic rings. The first-order valence-electron chi connectivity index (χ1n) is 10.1. The summed E-state index contributed by atoms with van der Waals surface area (Å²) in [7, 11) is 0. The Bertz CT molecular complexity index is 744. The molecule has 0 saturated carbocycles. The third kappa shape index (κ3) is 5.34. The van der Waals surface area contributed by atoms with E-state index in [4.69, 9.17) is 9.73 Å².